The molecule has 2 fully saturated rings. The summed E-state index contributed by atoms with van der Waals surface area (Å²) >= 11 is 6.43. The number of hydrogen-bond acceptors (Lipinski definition) is 3. The van der Waals surface area contributed by atoms with Crippen LogP contribution in [0.5, 0.6) is 0 Å². The molecule has 1 aliphatic carbocycles. The zero-order chi connectivity index (χ0) is 15.7. The Morgan fingerprint density at radius 3 is 2.73 bits per heavy atom. The van der Waals surface area contributed by atoms with Crippen molar-refractivity contribution in [2.45, 2.75) is 70.9 Å². The molecule has 1 N–H and O–H groups in total. The average Bonchev–Trinajstić information content (AvgIpc) is 2.98. The predicted octanol–water partition coefficient (Wildman–Crippen LogP) is 3.69. The summed E-state index contributed by atoms with van der Waals surface area (Å²) in [6.45, 7) is 4.15. The molecule has 2 heterocycles. The predicted molar refractivity (Wildman–Crippen MR) is 89.6 cm³/mol. The zero-order valence-corrected chi connectivity index (χ0v) is 14.1. The molecule has 3 aliphatic rings. The number of carbonyl (C=O) groups is 1. The van der Waals surface area contributed by atoms with Gasteiger partial charge >= 0.3 is 0 Å². The van der Waals surface area contributed by atoms with Crippen molar-refractivity contribution in [3.8, 4) is 0 Å². The summed E-state index contributed by atoms with van der Waals surface area (Å²) in [5.41, 5.74) is 1.97. The van der Waals surface area contributed by atoms with E-state index in [0.29, 0.717) is 11.2 Å². The van der Waals surface area contributed by atoms with Crippen LogP contribution in [-0.4, -0.2) is 28.7 Å². The number of amides is 1. The minimum Gasteiger partial charge on any atom is -0.340 e. The number of piperazine rings is 1. The van der Waals surface area contributed by atoms with Gasteiger partial charge in [0.25, 0.3) is 0 Å². The van der Waals surface area contributed by atoms with Crippen LogP contribution in [0.4, 0.5) is 0 Å². The highest BCUT2D eigenvalue weighted by molar-refractivity contribution is 6.31. The van der Waals surface area contributed by atoms with Gasteiger partial charge in [-0.05, 0) is 37.7 Å². The van der Waals surface area contributed by atoms with Gasteiger partial charge in [-0.2, -0.15) is 0 Å². The topological polar surface area (TPSA) is 44.7 Å². The normalized spacial score (nSPS) is 26.4. The lowest BCUT2D eigenvalue weighted by Gasteiger charge is -2.42. The fourth-order valence-electron chi connectivity index (χ4n) is 3.71. The molecule has 1 saturated carbocycles. The highest BCUT2D eigenvalue weighted by Crippen LogP contribution is 2.32. The van der Waals surface area contributed by atoms with E-state index in [2.05, 4.69) is 30.1 Å². The van der Waals surface area contributed by atoms with Crippen LogP contribution in [0.3, 0.4) is 0 Å². The Morgan fingerprint density at radius 1 is 1.36 bits per heavy atom. The van der Waals surface area contributed by atoms with Crippen LogP contribution in [0.15, 0.2) is 27.5 Å². The molecule has 2 aliphatic heterocycles. The summed E-state index contributed by atoms with van der Waals surface area (Å²) in [7, 11) is 0. The number of carbonyl (C=O) groups excluding carboxylic acids is 1. The summed E-state index contributed by atoms with van der Waals surface area (Å²) in [5, 5.41) is 3.64. The molecular formula is C17H24ClN3O. The smallest absolute Gasteiger partial charge is 0.247 e. The lowest BCUT2D eigenvalue weighted by Crippen LogP contribution is -2.59. The second-order valence-corrected chi connectivity index (χ2v) is 6.62. The van der Waals surface area contributed by atoms with Gasteiger partial charge < -0.3 is 10.2 Å². The molecule has 1 saturated heterocycles. The third kappa shape index (κ3) is 2.69. The van der Waals surface area contributed by atoms with E-state index < -0.39 is 0 Å². The van der Waals surface area contributed by atoms with E-state index in [0.717, 1.165) is 49.2 Å². The van der Waals surface area contributed by atoms with Crippen LogP contribution in [0.25, 0.3) is 0 Å². The van der Waals surface area contributed by atoms with Gasteiger partial charge in [-0.15, -0.1) is 0 Å². The maximum atomic E-state index is 12.5. The first kappa shape index (κ1) is 15.6. The van der Waals surface area contributed by atoms with Crippen molar-refractivity contribution in [1.29, 1.82) is 0 Å². The van der Waals surface area contributed by atoms with Gasteiger partial charge in [0.15, 0.2) is 5.84 Å². The number of rotatable bonds is 3. The molecule has 0 aromatic rings. The maximum absolute atomic E-state index is 12.5. The summed E-state index contributed by atoms with van der Waals surface area (Å²) in [6, 6.07) is 0.275. The quantitative estimate of drug-likeness (QED) is 0.806. The average molecular weight is 322 g/mol. The molecule has 1 atom stereocenters. The molecule has 120 valence electrons. The lowest BCUT2D eigenvalue weighted by atomic mass is 10.0. The minimum atomic E-state index is -0.133. The minimum absolute atomic E-state index is 0.0932. The zero-order valence-electron chi connectivity index (χ0n) is 13.4. The molecule has 0 bridgehead atoms. The first-order valence-electron chi connectivity index (χ1n) is 8.41. The van der Waals surface area contributed by atoms with Crippen LogP contribution in [0.2, 0.25) is 0 Å². The monoisotopic (exact) mass is 321 g/mol. The second kappa shape index (κ2) is 6.45. The molecule has 5 heteroatoms. The van der Waals surface area contributed by atoms with Crippen molar-refractivity contribution in [3.05, 3.63) is 22.5 Å². The van der Waals surface area contributed by atoms with Gasteiger partial charge in [0.2, 0.25) is 5.91 Å². The standard InChI is InChI=1S/C17H24ClN3O/c1-3-11-9-10-13-16(20-15(11)18)21(12-7-5-6-8-12)14(4-2)17(22)19-13/h10,12,14H,3-9H2,1-2H3,(H,19,22). The molecule has 0 spiro atoms. The molecular weight excluding hydrogens is 298 g/mol. The highest BCUT2D eigenvalue weighted by atomic mass is 35.5. The Kier molecular flexibility index (Phi) is 4.57. The first-order valence-corrected chi connectivity index (χ1v) is 8.79. The summed E-state index contributed by atoms with van der Waals surface area (Å²) in [4.78, 5) is 19.5. The summed E-state index contributed by atoms with van der Waals surface area (Å²) < 4.78 is 0. The molecule has 22 heavy (non-hydrogen) atoms. The van der Waals surface area contributed by atoms with Crippen molar-refractivity contribution >= 4 is 23.3 Å². The van der Waals surface area contributed by atoms with Crippen LogP contribution in [0.1, 0.15) is 58.8 Å². The van der Waals surface area contributed by atoms with E-state index in [4.69, 9.17) is 16.6 Å². The lowest BCUT2D eigenvalue weighted by molar-refractivity contribution is -0.125. The van der Waals surface area contributed by atoms with Gasteiger partial charge in [-0.25, -0.2) is 4.99 Å². The van der Waals surface area contributed by atoms with Crippen molar-refractivity contribution in [2.24, 2.45) is 4.99 Å². The Bertz CT molecular complexity index is 558. The van der Waals surface area contributed by atoms with E-state index in [1.807, 2.05) is 0 Å². The fraction of sp³-hybridized carbons (Fsp3) is 0.647. The van der Waals surface area contributed by atoms with Gasteiger partial charge in [0.1, 0.15) is 11.2 Å². The van der Waals surface area contributed by atoms with Crippen molar-refractivity contribution in [3.63, 3.8) is 0 Å². The fourth-order valence-corrected chi connectivity index (χ4v) is 4.00. The van der Waals surface area contributed by atoms with E-state index in [1.54, 1.807) is 0 Å². The molecule has 0 aromatic heterocycles. The number of fused-ring (bicyclic) bond motifs is 1. The third-order valence-electron chi connectivity index (χ3n) is 4.96. The van der Waals surface area contributed by atoms with Crippen LogP contribution in [-0.2, 0) is 4.79 Å². The van der Waals surface area contributed by atoms with Gasteiger partial charge in [-0.3, -0.25) is 4.79 Å². The van der Waals surface area contributed by atoms with Gasteiger partial charge in [0, 0.05) is 6.04 Å². The third-order valence-corrected chi connectivity index (χ3v) is 5.31. The molecule has 3 rings (SSSR count). The van der Waals surface area contributed by atoms with Crippen molar-refractivity contribution < 1.29 is 4.79 Å². The molecule has 0 radical (unpaired) electrons. The molecule has 1 unspecified atom stereocenters. The van der Waals surface area contributed by atoms with E-state index in [-0.39, 0.29) is 11.9 Å². The SMILES string of the molecule is CCC1=C(Cl)N=C2C(=CC1)NC(=O)C(CC)N2C1CCCC1. The summed E-state index contributed by atoms with van der Waals surface area (Å²) in [6.07, 6.45) is 9.23. The number of allylic oxidation sites excluding steroid dienone is 2. The Balaban J connectivity index is 2.04. The Labute approximate surface area is 137 Å². The highest BCUT2D eigenvalue weighted by Gasteiger charge is 2.40. The van der Waals surface area contributed by atoms with E-state index in [1.165, 1.54) is 12.8 Å². The number of nitrogens with one attached hydrogen (secondary N) is 1. The van der Waals surface area contributed by atoms with Crippen molar-refractivity contribution in [2.75, 3.05) is 0 Å². The van der Waals surface area contributed by atoms with E-state index in [9.17, 15) is 4.79 Å². The van der Waals surface area contributed by atoms with Crippen molar-refractivity contribution in [1.82, 2.24) is 10.2 Å². The van der Waals surface area contributed by atoms with Crippen LogP contribution < -0.4 is 5.32 Å². The van der Waals surface area contributed by atoms with Gasteiger partial charge in [-0.1, -0.05) is 44.4 Å². The molecule has 1 amide bonds. The Hall–Kier alpha value is -1.29. The number of aliphatic imine (C=N–C) groups is 1. The summed E-state index contributed by atoms with van der Waals surface area (Å²) in [5.74, 6) is 0.961. The number of nitrogens with zero attached hydrogens (tertiary/aromatic N) is 2. The molecule has 4 nitrogen and oxygen atoms in total. The maximum Gasteiger partial charge on any atom is 0.247 e. The van der Waals surface area contributed by atoms with Crippen LogP contribution in [0, 0.1) is 0 Å². The van der Waals surface area contributed by atoms with Gasteiger partial charge in [0.05, 0.1) is 5.70 Å². The van der Waals surface area contributed by atoms with Crippen LogP contribution >= 0.6 is 11.6 Å². The molecule has 0 aromatic carbocycles. The second-order valence-electron chi connectivity index (χ2n) is 6.26. The Morgan fingerprint density at radius 2 is 2.09 bits per heavy atom. The van der Waals surface area contributed by atoms with E-state index >= 15 is 0 Å². The first-order chi connectivity index (χ1) is 10.7. The largest absolute Gasteiger partial charge is 0.340 e. The number of halogens is 1. The number of amidine groups is 1. The number of hydrogen-bond donors (Lipinski definition) is 1.